The molecule has 0 aliphatic carbocycles. The molecule has 2 aliphatic heterocycles. The minimum Gasteiger partial charge on any atom is -0.381 e. The van der Waals surface area contributed by atoms with Gasteiger partial charge >= 0.3 is 0 Å². The summed E-state index contributed by atoms with van der Waals surface area (Å²) in [5, 5.41) is 5.70. The quantitative estimate of drug-likeness (QED) is 0.647. The van der Waals surface area contributed by atoms with E-state index in [9.17, 15) is 14.4 Å². The number of fused-ring (bicyclic) bond motifs is 1. The Morgan fingerprint density at radius 2 is 1.90 bits per heavy atom. The third kappa shape index (κ3) is 3.86. The third-order valence-corrected chi connectivity index (χ3v) is 5.51. The van der Waals surface area contributed by atoms with E-state index in [0.717, 1.165) is 23.2 Å². The van der Waals surface area contributed by atoms with Crippen molar-refractivity contribution in [3.05, 3.63) is 64.7 Å². The molecule has 4 rings (SSSR count). The fourth-order valence-corrected chi connectivity index (χ4v) is 3.99. The van der Waals surface area contributed by atoms with Crippen molar-refractivity contribution < 1.29 is 14.4 Å². The van der Waals surface area contributed by atoms with Gasteiger partial charge in [0, 0.05) is 30.8 Å². The lowest BCUT2D eigenvalue weighted by Crippen LogP contribution is -2.52. The van der Waals surface area contributed by atoms with Gasteiger partial charge in [0.1, 0.15) is 6.04 Å². The maximum atomic E-state index is 13.1. The first-order valence-electron chi connectivity index (χ1n) is 9.85. The highest BCUT2D eigenvalue weighted by Crippen LogP contribution is 2.30. The molecular weight excluding hydrogens is 368 g/mol. The molecule has 4 N–H and O–H groups in total. The van der Waals surface area contributed by atoms with Gasteiger partial charge in [-0.05, 0) is 48.2 Å². The molecule has 0 saturated carbocycles. The van der Waals surface area contributed by atoms with Crippen LogP contribution in [0.25, 0.3) is 0 Å². The summed E-state index contributed by atoms with van der Waals surface area (Å²) < 4.78 is 0. The van der Waals surface area contributed by atoms with Crippen LogP contribution in [-0.2, 0) is 29.1 Å². The van der Waals surface area contributed by atoms with Gasteiger partial charge in [0.25, 0.3) is 5.91 Å². The molecule has 0 spiro atoms. The van der Waals surface area contributed by atoms with Crippen LogP contribution in [0.1, 0.15) is 39.9 Å². The summed E-state index contributed by atoms with van der Waals surface area (Å²) in [6.07, 6.45) is 1.47. The molecule has 1 unspecified atom stereocenters. The molecule has 29 heavy (non-hydrogen) atoms. The number of nitrogens with zero attached hydrogens (tertiary/aromatic N) is 1. The summed E-state index contributed by atoms with van der Waals surface area (Å²) in [5.74, 6) is -0.817. The van der Waals surface area contributed by atoms with Gasteiger partial charge in [0.05, 0.1) is 0 Å². The van der Waals surface area contributed by atoms with Crippen molar-refractivity contribution in [2.75, 3.05) is 11.9 Å². The standard InChI is InChI=1S/C22H24N4O3/c23-11-10-14-4-6-17(7-5-14)24-12-15-2-1-3-16-13-26(22(29)20(15)16)18-8-9-19(27)25-21(18)28/h1-7,18,24H,8-13,23H2,(H,25,27,28). The summed E-state index contributed by atoms with van der Waals surface area (Å²) in [5.41, 5.74) is 10.2. The lowest BCUT2D eigenvalue weighted by molar-refractivity contribution is -0.136. The second-order valence-corrected chi connectivity index (χ2v) is 7.44. The molecule has 2 heterocycles. The summed E-state index contributed by atoms with van der Waals surface area (Å²) >= 11 is 0. The van der Waals surface area contributed by atoms with Crippen molar-refractivity contribution in [1.82, 2.24) is 10.2 Å². The molecule has 1 atom stereocenters. The minimum absolute atomic E-state index is 0.148. The SMILES string of the molecule is NCCc1ccc(NCc2cccc3c2C(=O)N(C2CCC(=O)NC2=O)C3)cc1. The van der Waals surface area contributed by atoms with Crippen molar-refractivity contribution >= 4 is 23.4 Å². The normalized spacial score (nSPS) is 18.6. The highest BCUT2D eigenvalue weighted by molar-refractivity contribution is 6.06. The van der Waals surface area contributed by atoms with Crippen LogP contribution in [0.5, 0.6) is 0 Å². The van der Waals surface area contributed by atoms with Gasteiger partial charge in [-0.3, -0.25) is 19.7 Å². The fraction of sp³-hybridized carbons (Fsp3) is 0.318. The smallest absolute Gasteiger partial charge is 0.255 e. The van der Waals surface area contributed by atoms with Crippen molar-refractivity contribution in [2.24, 2.45) is 5.73 Å². The Hall–Kier alpha value is -3.19. The molecule has 2 aliphatic rings. The van der Waals surface area contributed by atoms with Crippen molar-refractivity contribution in [1.29, 1.82) is 0 Å². The largest absolute Gasteiger partial charge is 0.381 e. The Morgan fingerprint density at radius 1 is 1.10 bits per heavy atom. The zero-order valence-corrected chi connectivity index (χ0v) is 16.1. The molecule has 1 saturated heterocycles. The molecule has 0 bridgehead atoms. The van der Waals surface area contributed by atoms with E-state index < -0.39 is 6.04 Å². The van der Waals surface area contributed by atoms with Crippen molar-refractivity contribution in [3.63, 3.8) is 0 Å². The van der Waals surface area contributed by atoms with Crippen LogP contribution in [0.2, 0.25) is 0 Å². The Balaban J connectivity index is 1.48. The van der Waals surface area contributed by atoms with Crippen LogP contribution in [0.3, 0.4) is 0 Å². The molecule has 7 nitrogen and oxygen atoms in total. The number of anilines is 1. The Labute approximate surface area is 169 Å². The fourth-order valence-electron chi connectivity index (χ4n) is 3.99. The average molecular weight is 392 g/mol. The predicted molar refractivity (Wildman–Crippen MR) is 109 cm³/mol. The van der Waals surface area contributed by atoms with Crippen molar-refractivity contribution in [2.45, 2.75) is 38.4 Å². The maximum Gasteiger partial charge on any atom is 0.255 e. The lowest BCUT2D eigenvalue weighted by Gasteiger charge is -2.29. The van der Waals surface area contributed by atoms with E-state index in [4.69, 9.17) is 5.73 Å². The lowest BCUT2D eigenvalue weighted by atomic mass is 10.0. The number of benzene rings is 2. The first-order chi connectivity index (χ1) is 14.1. The number of piperidine rings is 1. The zero-order valence-electron chi connectivity index (χ0n) is 16.1. The molecule has 1 fully saturated rings. The Morgan fingerprint density at radius 3 is 2.62 bits per heavy atom. The number of carbonyl (C=O) groups is 3. The van der Waals surface area contributed by atoms with E-state index in [0.29, 0.717) is 31.6 Å². The van der Waals surface area contributed by atoms with E-state index >= 15 is 0 Å². The maximum absolute atomic E-state index is 13.1. The molecule has 2 aromatic carbocycles. The first-order valence-corrected chi connectivity index (χ1v) is 9.85. The van der Waals surface area contributed by atoms with Crippen LogP contribution < -0.4 is 16.4 Å². The van der Waals surface area contributed by atoms with Crippen LogP contribution in [0.4, 0.5) is 5.69 Å². The molecule has 150 valence electrons. The summed E-state index contributed by atoms with van der Waals surface area (Å²) in [7, 11) is 0. The predicted octanol–water partition coefficient (Wildman–Crippen LogP) is 1.56. The number of nitrogens with one attached hydrogen (secondary N) is 2. The van der Waals surface area contributed by atoms with E-state index in [1.54, 1.807) is 4.90 Å². The number of nitrogens with two attached hydrogens (primary N) is 1. The highest BCUT2D eigenvalue weighted by Gasteiger charge is 2.39. The van der Waals surface area contributed by atoms with Crippen LogP contribution >= 0.6 is 0 Å². The van der Waals surface area contributed by atoms with E-state index in [-0.39, 0.29) is 24.1 Å². The van der Waals surface area contributed by atoms with Gasteiger partial charge in [-0.1, -0.05) is 30.3 Å². The number of hydrogen-bond donors (Lipinski definition) is 3. The van der Waals surface area contributed by atoms with E-state index in [2.05, 4.69) is 10.6 Å². The number of rotatable bonds is 6. The monoisotopic (exact) mass is 392 g/mol. The van der Waals surface area contributed by atoms with Crippen LogP contribution in [-0.4, -0.2) is 35.2 Å². The molecule has 3 amide bonds. The van der Waals surface area contributed by atoms with Gasteiger partial charge in [-0.25, -0.2) is 0 Å². The molecular formula is C22H24N4O3. The molecule has 0 radical (unpaired) electrons. The topological polar surface area (TPSA) is 105 Å². The molecule has 7 heteroatoms. The van der Waals surface area contributed by atoms with Gasteiger partial charge in [-0.15, -0.1) is 0 Å². The van der Waals surface area contributed by atoms with Crippen LogP contribution in [0, 0.1) is 0 Å². The Bertz CT molecular complexity index is 955. The average Bonchev–Trinajstić information content (AvgIpc) is 3.05. The third-order valence-electron chi connectivity index (χ3n) is 5.51. The van der Waals surface area contributed by atoms with Crippen LogP contribution in [0.15, 0.2) is 42.5 Å². The van der Waals surface area contributed by atoms with Gasteiger partial charge < -0.3 is 16.0 Å². The van der Waals surface area contributed by atoms with E-state index in [1.165, 1.54) is 5.56 Å². The number of hydrogen-bond acceptors (Lipinski definition) is 5. The number of amides is 3. The first kappa shape index (κ1) is 19.1. The summed E-state index contributed by atoms with van der Waals surface area (Å²) in [4.78, 5) is 38.3. The summed E-state index contributed by atoms with van der Waals surface area (Å²) in [6, 6.07) is 13.3. The van der Waals surface area contributed by atoms with E-state index in [1.807, 2.05) is 42.5 Å². The Kier molecular flexibility index (Phi) is 5.31. The van der Waals surface area contributed by atoms with Gasteiger partial charge in [-0.2, -0.15) is 0 Å². The number of carbonyl (C=O) groups excluding carboxylic acids is 3. The minimum atomic E-state index is -0.594. The zero-order chi connectivity index (χ0) is 20.4. The summed E-state index contributed by atoms with van der Waals surface area (Å²) in [6.45, 7) is 1.52. The second kappa shape index (κ2) is 8.05. The molecule has 0 aromatic heterocycles. The number of imide groups is 1. The van der Waals surface area contributed by atoms with Crippen molar-refractivity contribution in [3.8, 4) is 0 Å². The second-order valence-electron chi connectivity index (χ2n) is 7.44. The molecule has 2 aromatic rings. The highest BCUT2D eigenvalue weighted by atomic mass is 16.2. The van der Waals surface area contributed by atoms with Gasteiger partial charge in [0.2, 0.25) is 11.8 Å². The van der Waals surface area contributed by atoms with Gasteiger partial charge in [0.15, 0.2) is 0 Å².